The maximum atomic E-state index is 16.6. The van der Waals surface area contributed by atoms with E-state index in [1.165, 1.54) is 33.1 Å². The molecule has 2 aromatic rings. The van der Waals surface area contributed by atoms with E-state index in [1.54, 1.807) is 0 Å². The van der Waals surface area contributed by atoms with Crippen LogP contribution in [0, 0.1) is 11.8 Å². The fraction of sp³-hybridized carbons (Fsp3) is 0.348. The number of aliphatic carboxylic acids is 1. The number of carbonyl (C=O) groups excluding carboxylic acids is 2. The van der Waals surface area contributed by atoms with Gasteiger partial charge in [-0.3, -0.25) is 19.3 Å². The highest BCUT2D eigenvalue weighted by molar-refractivity contribution is 6.30. The Hall–Kier alpha value is -3.34. The Kier molecular flexibility index (Phi) is 7.03. The number of carboxylic acid groups (broad SMARTS) is 1. The van der Waals surface area contributed by atoms with Gasteiger partial charge in [0.15, 0.2) is 12.6 Å². The molecule has 1 N–H and O–H groups in total. The van der Waals surface area contributed by atoms with Crippen LogP contribution in [0.4, 0.5) is 23.2 Å². The van der Waals surface area contributed by atoms with Gasteiger partial charge >= 0.3 is 18.1 Å². The van der Waals surface area contributed by atoms with Crippen molar-refractivity contribution >= 4 is 35.1 Å². The summed E-state index contributed by atoms with van der Waals surface area (Å²) in [7, 11) is 1.21. The molecule has 35 heavy (non-hydrogen) atoms. The van der Waals surface area contributed by atoms with Gasteiger partial charge in [0.2, 0.25) is 5.67 Å². The van der Waals surface area contributed by atoms with Gasteiger partial charge in [-0.1, -0.05) is 31.5 Å². The standard InChI is InChI=1S/C23H20ClF4NO6/c1-11(2)18(19(30)31)20(32)35-10-29-16-8-12(23(26,27)28)4-6-14(16)22(25,21(29)33)15-9-13(24)5-7-17(15)34-3/h4-9,11,18H,10H2,1-3H3,(H,30,31)/t18-,22-/m0/s1. The van der Waals surface area contributed by atoms with Gasteiger partial charge in [-0.05, 0) is 36.2 Å². The molecule has 0 fully saturated rings. The molecular weight excluding hydrogens is 498 g/mol. The Morgan fingerprint density at radius 3 is 2.34 bits per heavy atom. The largest absolute Gasteiger partial charge is 0.496 e. The third-order valence-corrected chi connectivity index (χ3v) is 5.82. The van der Waals surface area contributed by atoms with E-state index in [0.29, 0.717) is 17.0 Å². The number of nitrogens with zero attached hydrogens (tertiary/aromatic N) is 1. The topological polar surface area (TPSA) is 93.1 Å². The van der Waals surface area contributed by atoms with E-state index in [2.05, 4.69) is 0 Å². The van der Waals surface area contributed by atoms with Crippen LogP contribution in [0.25, 0.3) is 0 Å². The molecular formula is C23H20ClF4NO6. The van der Waals surface area contributed by atoms with Crippen molar-refractivity contribution in [1.82, 2.24) is 0 Å². The smallest absolute Gasteiger partial charge is 0.416 e. The Bertz CT molecular complexity index is 1190. The number of hydrogen-bond donors (Lipinski definition) is 1. The summed E-state index contributed by atoms with van der Waals surface area (Å²) in [4.78, 5) is 37.6. The molecule has 1 heterocycles. The summed E-state index contributed by atoms with van der Waals surface area (Å²) in [5, 5.41) is 9.30. The van der Waals surface area contributed by atoms with Crippen LogP contribution < -0.4 is 9.64 Å². The molecule has 0 saturated heterocycles. The van der Waals surface area contributed by atoms with Crippen LogP contribution in [0.15, 0.2) is 36.4 Å². The zero-order chi connectivity index (χ0) is 26.3. The number of ether oxygens (including phenoxy) is 2. The molecule has 7 nitrogen and oxygen atoms in total. The SMILES string of the molecule is COc1ccc(Cl)cc1[C@]1(F)C(=O)N(COC(=O)[C@H](C(=O)O)C(C)C)c2cc(C(F)(F)F)ccc21. The van der Waals surface area contributed by atoms with Crippen molar-refractivity contribution in [3.05, 3.63) is 58.1 Å². The first-order valence-electron chi connectivity index (χ1n) is 10.2. The van der Waals surface area contributed by atoms with E-state index in [9.17, 15) is 32.7 Å². The van der Waals surface area contributed by atoms with E-state index >= 15 is 4.39 Å². The van der Waals surface area contributed by atoms with E-state index in [1.807, 2.05) is 0 Å². The first kappa shape index (κ1) is 26.3. The first-order chi connectivity index (χ1) is 16.2. The monoisotopic (exact) mass is 517 g/mol. The van der Waals surface area contributed by atoms with Gasteiger partial charge in [-0.2, -0.15) is 13.2 Å². The molecule has 1 amide bonds. The van der Waals surface area contributed by atoms with Gasteiger partial charge in [0.1, 0.15) is 5.75 Å². The lowest BCUT2D eigenvalue weighted by Gasteiger charge is -2.24. The number of halogens is 5. The summed E-state index contributed by atoms with van der Waals surface area (Å²) < 4.78 is 66.9. The van der Waals surface area contributed by atoms with E-state index in [-0.39, 0.29) is 16.3 Å². The lowest BCUT2D eigenvalue weighted by Crippen LogP contribution is -2.41. The van der Waals surface area contributed by atoms with Crippen molar-refractivity contribution in [2.45, 2.75) is 25.7 Å². The average Bonchev–Trinajstić information content (AvgIpc) is 2.98. The maximum Gasteiger partial charge on any atom is 0.416 e. The third kappa shape index (κ3) is 4.64. The summed E-state index contributed by atoms with van der Waals surface area (Å²) in [5.74, 6) is -6.46. The number of carbonyl (C=O) groups is 3. The fourth-order valence-corrected chi connectivity index (χ4v) is 4.02. The number of anilines is 1. The summed E-state index contributed by atoms with van der Waals surface area (Å²) in [6, 6.07) is 5.75. The first-order valence-corrected chi connectivity index (χ1v) is 10.6. The molecule has 0 aliphatic carbocycles. The molecule has 0 radical (unpaired) electrons. The Morgan fingerprint density at radius 2 is 1.80 bits per heavy atom. The van der Waals surface area contributed by atoms with Crippen LogP contribution in [-0.4, -0.2) is 36.8 Å². The normalized spacial score (nSPS) is 18.4. The van der Waals surface area contributed by atoms with Crippen LogP contribution in [0.1, 0.15) is 30.5 Å². The molecule has 0 bridgehead atoms. The van der Waals surface area contributed by atoms with Gasteiger partial charge in [-0.25, -0.2) is 4.39 Å². The fourth-order valence-electron chi connectivity index (χ4n) is 3.85. The molecule has 2 aromatic carbocycles. The molecule has 0 saturated carbocycles. The van der Waals surface area contributed by atoms with Crippen molar-refractivity contribution < 1.29 is 46.5 Å². The van der Waals surface area contributed by atoms with Crippen molar-refractivity contribution in [2.75, 3.05) is 18.7 Å². The lowest BCUT2D eigenvalue weighted by atomic mass is 9.88. The number of rotatable bonds is 7. The second kappa shape index (κ2) is 9.37. The molecule has 12 heteroatoms. The predicted molar refractivity (Wildman–Crippen MR) is 116 cm³/mol. The van der Waals surface area contributed by atoms with Crippen LogP contribution in [0.5, 0.6) is 5.75 Å². The Balaban J connectivity index is 2.12. The van der Waals surface area contributed by atoms with Crippen LogP contribution in [-0.2, 0) is 31.0 Å². The molecule has 0 aromatic heterocycles. The highest BCUT2D eigenvalue weighted by Gasteiger charge is 2.55. The summed E-state index contributed by atoms with van der Waals surface area (Å²) in [6.07, 6.45) is -4.82. The van der Waals surface area contributed by atoms with Crippen molar-refractivity contribution in [3.8, 4) is 5.75 Å². The van der Waals surface area contributed by atoms with Crippen LogP contribution >= 0.6 is 11.6 Å². The molecule has 0 spiro atoms. The number of amides is 1. The van der Waals surface area contributed by atoms with Crippen molar-refractivity contribution in [1.29, 1.82) is 0 Å². The minimum absolute atomic E-state index is 0.0326. The zero-order valence-electron chi connectivity index (χ0n) is 18.7. The average molecular weight is 518 g/mol. The minimum atomic E-state index is -4.82. The number of carboxylic acids is 1. The maximum absolute atomic E-state index is 16.6. The molecule has 0 unspecified atom stereocenters. The van der Waals surface area contributed by atoms with Crippen LogP contribution in [0.3, 0.4) is 0 Å². The van der Waals surface area contributed by atoms with Gasteiger partial charge in [0.05, 0.1) is 18.4 Å². The molecule has 1 aliphatic heterocycles. The molecule has 3 rings (SSSR count). The summed E-state index contributed by atoms with van der Waals surface area (Å²) in [5.41, 5.74) is -5.53. The number of benzene rings is 2. The lowest BCUT2D eigenvalue weighted by molar-refractivity contribution is -0.161. The second-order valence-electron chi connectivity index (χ2n) is 8.12. The van der Waals surface area contributed by atoms with Crippen molar-refractivity contribution in [2.24, 2.45) is 11.8 Å². The number of hydrogen-bond acceptors (Lipinski definition) is 5. The third-order valence-electron chi connectivity index (χ3n) is 5.58. The van der Waals surface area contributed by atoms with E-state index < -0.39 is 65.1 Å². The van der Waals surface area contributed by atoms with Gasteiger partial charge in [-0.15, -0.1) is 0 Å². The molecule has 2 atom stereocenters. The second-order valence-corrected chi connectivity index (χ2v) is 8.55. The zero-order valence-corrected chi connectivity index (χ0v) is 19.4. The number of alkyl halides is 4. The minimum Gasteiger partial charge on any atom is -0.496 e. The quantitative estimate of drug-likeness (QED) is 0.323. The number of fused-ring (bicyclic) bond motifs is 1. The number of methoxy groups -OCH3 is 1. The van der Waals surface area contributed by atoms with E-state index in [0.717, 1.165) is 12.1 Å². The summed E-state index contributed by atoms with van der Waals surface area (Å²) >= 11 is 5.99. The molecule has 188 valence electrons. The van der Waals surface area contributed by atoms with Crippen LogP contribution in [0.2, 0.25) is 5.02 Å². The van der Waals surface area contributed by atoms with Gasteiger partial charge in [0.25, 0.3) is 5.91 Å². The highest BCUT2D eigenvalue weighted by Crippen LogP contribution is 2.51. The van der Waals surface area contributed by atoms with Gasteiger partial charge in [0, 0.05) is 16.1 Å². The number of esters is 1. The Labute approximate surface area is 202 Å². The predicted octanol–water partition coefficient (Wildman–Crippen LogP) is 4.78. The van der Waals surface area contributed by atoms with E-state index in [4.69, 9.17) is 21.1 Å². The summed E-state index contributed by atoms with van der Waals surface area (Å²) in [6.45, 7) is 1.88. The molecule has 1 aliphatic rings. The van der Waals surface area contributed by atoms with Gasteiger partial charge < -0.3 is 14.6 Å². The van der Waals surface area contributed by atoms with Crippen molar-refractivity contribution in [3.63, 3.8) is 0 Å². The highest BCUT2D eigenvalue weighted by atomic mass is 35.5. The Morgan fingerprint density at radius 1 is 1.14 bits per heavy atom.